The zero-order chi connectivity index (χ0) is 16.9. The van der Waals surface area contributed by atoms with Crippen LogP contribution in [0.5, 0.6) is 0 Å². The highest BCUT2D eigenvalue weighted by atomic mass is 32.1. The predicted molar refractivity (Wildman–Crippen MR) is 107 cm³/mol. The minimum Gasteiger partial charge on any atom is -0.265 e. The summed E-state index contributed by atoms with van der Waals surface area (Å²) < 4.78 is 0. The molecule has 0 spiro atoms. The smallest absolute Gasteiger partial charge is 0.195 e. The molecule has 0 fully saturated rings. The van der Waals surface area contributed by atoms with Gasteiger partial charge in [0.2, 0.25) is 0 Å². The van der Waals surface area contributed by atoms with Gasteiger partial charge in [0, 0.05) is 22.7 Å². The van der Waals surface area contributed by atoms with Gasteiger partial charge in [0.25, 0.3) is 0 Å². The van der Waals surface area contributed by atoms with Gasteiger partial charge in [-0.3, -0.25) is 4.90 Å². The van der Waals surface area contributed by atoms with E-state index >= 15 is 0 Å². The highest BCUT2D eigenvalue weighted by molar-refractivity contribution is 7.83. The summed E-state index contributed by atoms with van der Waals surface area (Å²) in [5.74, 6) is 0.398. The Morgan fingerprint density at radius 2 is 1.74 bits per heavy atom. The number of benzene rings is 1. The predicted octanol–water partition coefficient (Wildman–Crippen LogP) is 5.44. The summed E-state index contributed by atoms with van der Waals surface area (Å²) in [5.41, 5.74) is 4.78. The number of hydrogen-bond donors (Lipinski definition) is 0. The molecule has 1 aromatic carbocycles. The van der Waals surface area contributed by atoms with Crippen LogP contribution in [0.15, 0.2) is 23.7 Å². The maximum atomic E-state index is 5.83. The second-order valence-corrected chi connectivity index (χ2v) is 8.76. The summed E-state index contributed by atoms with van der Waals surface area (Å²) in [6.07, 6.45) is 1.79. The van der Waals surface area contributed by atoms with Crippen LogP contribution in [0.2, 0.25) is 0 Å². The van der Waals surface area contributed by atoms with Gasteiger partial charge >= 0.3 is 0 Å². The van der Waals surface area contributed by atoms with Crippen molar-refractivity contribution in [3.05, 3.63) is 46.0 Å². The van der Waals surface area contributed by atoms with Crippen LogP contribution in [0.4, 0.5) is 5.13 Å². The molecule has 0 N–H and O–H groups in total. The van der Waals surface area contributed by atoms with Gasteiger partial charge in [-0.2, -0.15) is 0 Å². The largest absolute Gasteiger partial charge is 0.265 e. The third-order valence-corrected chi connectivity index (χ3v) is 5.64. The highest BCUT2D eigenvalue weighted by Gasteiger charge is 2.38. The second-order valence-electron chi connectivity index (χ2n) is 7.12. The Kier molecular flexibility index (Phi) is 4.15. The quantitative estimate of drug-likeness (QED) is 0.663. The normalized spacial score (nSPS) is 14.8. The van der Waals surface area contributed by atoms with Crippen molar-refractivity contribution in [3.63, 3.8) is 0 Å². The molecule has 0 atom stereocenters. The lowest BCUT2D eigenvalue weighted by molar-refractivity contribution is 0.588. The van der Waals surface area contributed by atoms with E-state index in [-0.39, 0.29) is 5.41 Å². The molecular formula is C18H20N2S3. The van der Waals surface area contributed by atoms with Crippen molar-refractivity contribution in [2.75, 3.05) is 4.90 Å². The van der Waals surface area contributed by atoms with Gasteiger partial charge in [0.15, 0.2) is 5.13 Å². The molecule has 23 heavy (non-hydrogen) atoms. The maximum absolute atomic E-state index is 5.83. The highest BCUT2D eigenvalue weighted by Crippen LogP contribution is 2.40. The molecule has 5 heteroatoms. The van der Waals surface area contributed by atoms with E-state index in [0.717, 1.165) is 26.2 Å². The average Bonchev–Trinajstić information content (AvgIpc) is 3.05. The molecule has 0 saturated heterocycles. The first-order chi connectivity index (χ1) is 10.7. The molecule has 0 amide bonds. The number of hydrogen-bond acceptors (Lipinski definition) is 4. The first-order valence-electron chi connectivity index (χ1n) is 7.69. The number of nitrogens with zero attached hydrogens (tertiary/aromatic N) is 2. The lowest BCUT2D eigenvalue weighted by atomic mass is 9.80. The summed E-state index contributed by atoms with van der Waals surface area (Å²) in [7, 11) is 0. The molecule has 2 aromatic rings. The summed E-state index contributed by atoms with van der Waals surface area (Å²) in [4.78, 5) is 7.95. The topological polar surface area (TPSA) is 16.1 Å². The van der Waals surface area contributed by atoms with Crippen molar-refractivity contribution in [3.8, 4) is 0 Å². The van der Waals surface area contributed by atoms with Gasteiger partial charge in [-0.05, 0) is 22.5 Å². The fraction of sp³-hybridized carbons (Fsp3) is 0.389. The number of fused-ring (bicyclic) bond motifs is 1. The molecule has 0 aliphatic carbocycles. The van der Waals surface area contributed by atoms with E-state index in [2.05, 4.69) is 51.7 Å². The average molecular weight is 361 g/mol. The second kappa shape index (κ2) is 5.72. The van der Waals surface area contributed by atoms with E-state index < -0.39 is 0 Å². The van der Waals surface area contributed by atoms with E-state index in [9.17, 15) is 0 Å². The molecule has 0 unspecified atom stereocenters. The fourth-order valence-corrected chi connectivity index (χ4v) is 4.61. The van der Waals surface area contributed by atoms with Crippen molar-refractivity contribution in [1.29, 1.82) is 0 Å². The van der Waals surface area contributed by atoms with Crippen LogP contribution in [0.1, 0.15) is 62.8 Å². The lowest BCUT2D eigenvalue weighted by Gasteiger charge is -2.24. The first kappa shape index (κ1) is 16.7. The Bertz CT molecular complexity index is 783. The third-order valence-electron chi connectivity index (χ3n) is 4.11. The third kappa shape index (κ3) is 2.65. The van der Waals surface area contributed by atoms with Crippen molar-refractivity contribution >= 4 is 50.9 Å². The van der Waals surface area contributed by atoms with Crippen molar-refractivity contribution in [2.24, 2.45) is 0 Å². The van der Waals surface area contributed by atoms with E-state index in [4.69, 9.17) is 24.4 Å². The molecule has 1 aliphatic heterocycles. The number of thiazole rings is 1. The van der Waals surface area contributed by atoms with Gasteiger partial charge in [0.05, 0.1) is 0 Å². The zero-order valence-corrected chi connectivity index (χ0v) is 16.5. The molecule has 1 aliphatic rings. The Morgan fingerprint density at radius 1 is 1.09 bits per heavy atom. The van der Waals surface area contributed by atoms with Gasteiger partial charge < -0.3 is 0 Å². The molecule has 0 saturated carbocycles. The van der Waals surface area contributed by atoms with Crippen LogP contribution in [0.25, 0.3) is 0 Å². The summed E-state index contributed by atoms with van der Waals surface area (Å²) in [6, 6.07) is 4.43. The number of thiocarbonyl (C=S) groups is 2. The number of aromatic nitrogens is 1. The van der Waals surface area contributed by atoms with E-state index in [1.165, 1.54) is 11.1 Å². The van der Waals surface area contributed by atoms with E-state index in [0.29, 0.717) is 5.92 Å². The SMILES string of the molecule is CC(C)c1ccc(C(C)(C)C)c2c1C(=S)N(c1nccs1)C2=S. The molecule has 2 heterocycles. The Balaban J connectivity index is 2.29. The van der Waals surface area contributed by atoms with Crippen LogP contribution in [0.3, 0.4) is 0 Å². The minimum atomic E-state index is 0.0121. The van der Waals surface area contributed by atoms with Gasteiger partial charge in [-0.25, -0.2) is 4.98 Å². The Labute approximate surface area is 152 Å². The zero-order valence-electron chi connectivity index (χ0n) is 14.0. The molecule has 120 valence electrons. The molecule has 0 radical (unpaired) electrons. The summed E-state index contributed by atoms with van der Waals surface area (Å²) >= 11 is 13.2. The maximum Gasteiger partial charge on any atom is 0.195 e. The Hall–Kier alpha value is -1.17. The van der Waals surface area contributed by atoms with E-state index in [1.807, 2.05) is 10.3 Å². The monoisotopic (exact) mass is 360 g/mol. The van der Waals surface area contributed by atoms with Crippen molar-refractivity contribution in [1.82, 2.24) is 4.98 Å². The van der Waals surface area contributed by atoms with Crippen LogP contribution in [-0.4, -0.2) is 15.0 Å². The van der Waals surface area contributed by atoms with Gasteiger partial charge in [-0.15, -0.1) is 11.3 Å². The van der Waals surface area contributed by atoms with Gasteiger partial charge in [-0.1, -0.05) is 71.2 Å². The number of anilines is 1. The Morgan fingerprint density at radius 3 is 2.26 bits per heavy atom. The van der Waals surface area contributed by atoms with Crippen LogP contribution in [0, 0.1) is 0 Å². The summed E-state index contributed by atoms with van der Waals surface area (Å²) in [6.45, 7) is 11.0. The molecule has 2 nitrogen and oxygen atoms in total. The van der Waals surface area contributed by atoms with Crippen LogP contribution in [-0.2, 0) is 5.41 Å². The first-order valence-corrected chi connectivity index (χ1v) is 9.38. The number of rotatable bonds is 2. The summed E-state index contributed by atoms with van der Waals surface area (Å²) in [5, 5.41) is 2.81. The van der Waals surface area contributed by atoms with Crippen molar-refractivity contribution < 1.29 is 0 Å². The molecule has 3 rings (SSSR count). The fourth-order valence-electron chi connectivity index (χ4n) is 2.99. The molecular weight excluding hydrogens is 340 g/mol. The molecule has 0 bridgehead atoms. The lowest BCUT2D eigenvalue weighted by Crippen LogP contribution is -2.28. The van der Waals surface area contributed by atoms with Crippen LogP contribution >= 0.6 is 35.8 Å². The van der Waals surface area contributed by atoms with E-state index in [1.54, 1.807) is 17.5 Å². The molecule has 1 aromatic heterocycles. The van der Waals surface area contributed by atoms with Crippen LogP contribution < -0.4 is 4.90 Å². The van der Waals surface area contributed by atoms with Gasteiger partial charge in [0.1, 0.15) is 9.98 Å². The minimum absolute atomic E-state index is 0.0121. The standard InChI is InChI=1S/C18H20N2S3/c1-10(2)11-6-7-12(18(3,4)5)14-13(11)15(21)20(16(14)22)17-19-8-9-23-17/h6-10H,1-5H3. The van der Waals surface area contributed by atoms with Crippen molar-refractivity contribution in [2.45, 2.75) is 46.0 Å².